The van der Waals surface area contributed by atoms with Gasteiger partial charge < -0.3 is 5.73 Å². The van der Waals surface area contributed by atoms with Crippen molar-refractivity contribution in [3.63, 3.8) is 0 Å². The van der Waals surface area contributed by atoms with E-state index in [0.29, 0.717) is 6.54 Å². The predicted molar refractivity (Wildman–Crippen MR) is 49.2 cm³/mol. The Balaban J connectivity index is 3.25. The van der Waals surface area contributed by atoms with Gasteiger partial charge in [0.05, 0.1) is 10.2 Å². The van der Waals surface area contributed by atoms with Crippen molar-refractivity contribution in [2.24, 2.45) is 5.73 Å². The number of nitrogens with two attached hydrogens (primary N) is 1. The highest BCUT2D eigenvalue weighted by Crippen LogP contribution is 2.09. The van der Waals surface area contributed by atoms with Crippen LogP contribution >= 0.6 is 0 Å². The average Bonchev–Trinajstić information content (AvgIpc) is 2.01. The second-order valence-electron chi connectivity index (χ2n) is 2.73. The molecular formula is C9H12NSi. The first-order chi connectivity index (χ1) is 5.16. The Bertz CT molecular complexity index is 269. The molecule has 0 saturated heterocycles. The van der Waals surface area contributed by atoms with E-state index in [4.69, 9.17) is 5.73 Å². The van der Waals surface area contributed by atoms with Gasteiger partial charge in [-0.15, -0.1) is 0 Å². The van der Waals surface area contributed by atoms with Crippen molar-refractivity contribution < 1.29 is 0 Å². The van der Waals surface area contributed by atoms with Gasteiger partial charge in [0.25, 0.3) is 0 Å². The highest BCUT2D eigenvalue weighted by atomic mass is 28.1. The maximum Gasteiger partial charge on any atom is 0.0715 e. The molecule has 1 aromatic rings. The summed E-state index contributed by atoms with van der Waals surface area (Å²) in [6, 6.07) is 4.10. The van der Waals surface area contributed by atoms with Gasteiger partial charge in [0.2, 0.25) is 0 Å². The number of hydrogen-bond acceptors (Lipinski definition) is 1. The SMILES string of the molecule is Cc1c([Si])ccc(CN)c1C. The van der Waals surface area contributed by atoms with Crippen LogP contribution in [0.1, 0.15) is 16.7 Å². The fourth-order valence-electron chi connectivity index (χ4n) is 1.10. The summed E-state index contributed by atoms with van der Waals surface area (Å²) in [4.78, 5) is 0. The Labute approximate surface area is 71.0 Å². The Hall–Kier alpha value is -0.603. The molecule has 0 amide bonds. The zero-order chi connectivity index (χ0) is 8.43. The van der Waals surface area contributed by atoms with E-state index < -0.39 is 0 Å². The van der Waals surface area contributed by atoms with Crippen LogP contribution in [-0.4, -0.2) is 10.2 Å². The van der Waals surface area contributed by atoms with E-state index in [1.807, 2.05) is 6.07 Å². The Morgan fingerprint density at radius 2 is 1.91 bits per heavy atom. The van der Waals surface area contributed by atoms with Crippen molar-refractivity contribution in [3.8, 4) is 0 Å². The first-order valence-electron chi connectivity index (χ1n) is 3.67. The van der Waals surface area contributed by atoms with E-state index in [0.717, 1.165) is 5.19 Å². The zero-order valence-electron chi connectivity index (χ0n) is 6.94. The van der Waals surface area contributed by atoms with Gasteiger partial charge in [-0.25, -0.2) is 0 Å². The molecule has 3 radical (unpaired) electrons. The molecule has 0 aromatic heterocycles. The molecule has 0 spiro atoms. The van der Waals surface area contributed by atoms with Gasteiger partial charge in [-0.2, -0.15) is 0 Å². The molecule has 0 bridgehead atoms. The molecule has 0 heterocycles. The average molecular weight is 162 g/mol. The van der Waals surface area contributed by atoms with E-state index in [2.05, 4.69) is 30.2 Å². The number of rotatable bonds is 1. The van der Waals surface area contributed by atoms with Gasteiger partial charge in [0, 0.05) is 6.54 Å². The van der Waals surface area contributed by atoms with E-state index in [1.165, 1.54) is 16.7 Å². The van der Waals surface area contributed by atoms with Crippen molar-refractivity contribution in [3.05, 3.63) is 28.8 Å². The van der Waals surface area contributed by atoms with Crippen molar-refractivity contribution >= 4 is 15.4 Å². The summed E-state index contributed by atoms with van der Waals surface area (Å²) in [7, 11) is 3.52. The second kappa shape index (κ2) is 3.20. The minimum absolute atomic E-state index is 0.624. The minimum atomic E-state index is 0.624. The molecule has 0 aliphatic carbocycles. The molecule has 2 heteroatoms. The number of hydrogen-bond donors (Lipinski definition) is 1. The van der Waals surface area contributed by atoms with Crippen LogP contribution < -0.4 is 10.9 Å². The van der Waals surface area contributed by atoms with Crippen molar-refractivity contribution in [1.82, 2.24) is 0 Å². The topological polar surface area (TPSA) is 26.0 Å². The van der Waals surface area contributed by atoms with Crippen LogP contribution in [0.25, 0.3) is 0 Å². The zero-order valence-corrected chi connectivity index (χ0v) is 7.94. The normalized spacial score (nSPS) is 10.2. The van der Waals surface area contributed by atoms with Gasteiger partial charge in [0.15, 0.2) is 0 Å². The number of benzene rings is 1. The standard InChI is InChI=1S/C9H12NSi/c1-6-7(2)9(11)4-3-8(6)5-10/h3-4H,5,10H2,1-2H3. The van der Waals surface area contributed by atoms with E-state index in [1.54, 1.807) is 0 Å². The van der Waals surface area contributed by atoms with Gasteiger partial charge >= 0.3 is 0 Å². The van der Waals surface area contributed by atoms with Crippen molar-refractivity contribution in [2.75, 3.05) is 0 Å². The Morgan fingerprint density at radius 3 is 2.45 bits per heavy atom. The predicted octanol–water partition coefficient (Wildman–Crippen LogP) is 0.556. The summed E-state index contributed by atoms with van der Waals surface area (Å²) >= 11 is 0. The van der Waals surface area contributed by atoms with Gasteiger partial charge in [0.1, 0.15) is 0 Å². The Morgan fingerprint density at radius 1 is 1.27 bits per heavy atom. The molecular weight excluding hydrogens is 150 g/mol. The lowest BCUT2D eigenvalue weighted by atomic mass is 10.0. The smallest absolute Gasteiger partial charge is 0.0715 e. The third-order valence-corrected chi connectivity index (χ3v) is 2.66. The molecule has 57 valence electrons. The van der Waals surface area contributed by atoms with E-state index in [9.17, 15) is 0 Å². The van der Waals surface area contributed by atoms with Crippen LogP contribution in [0.3, 0.4) is 0 Å². The molecule has 0 aliphatic heterocycles. The lowest BCUT2D eigenvalue weighted by molar-refractivity contribution is 1.04. The molecule has 1 rings (SSSR count). The van der Waals surface area contributed by atoms with Gasteiger partial charge in [-0.05, 0) is 30.5 Å². The van der Waals surface area contributed by atoms with Crippen LogP contribution in [0.15, 0.2) is 12.1 Å². The van der Waals surface area contributed by atoms with Crippen LogP contribution in [0.2, 0.25) is 0 Å². The molecule has 1 aromatic carbocycles. The maximum atomic E-state index is 5.55. The van der Waals surface area contributed by atoms with Crippen molar-refractivity contribution in [1.29, 1.82) is 0 Å². The minimum Gasteiger partial charge on any atom is -0.326 e. The summed E-state index contributed by atoms with van der Waals surface area (Å²) in [5, 5.41) is 1.15. The second-order valence-corrected chi connectivity index (χ2v) is 3.27. The van der Waals surface area contributed by atoms with Crippen LogP contribution in [0, 0.1) is 13.8 Å². The summed E-state index contributed by atoms with van der Waals surface area (Å²) in [6.45, 7) is 4.82. The molecule has 0 unspecified atom stereocenters. The van der Waals surface area contributed by atoms with Crippen molar-refractivity contribution in [2.45, 2.75) is 20.4 Å². The fourth-order valence-corrected chi connectivity index (χ4v) is 1.37. The summed E-state index contributed by atoms with van der Waals surface area (Å²) in [5.74, 6) is 0. The third-order valence-electron chi connectivity index (χ3n) is 2.12. The van der Waals surface area contributed by atoms with Crippen LogP contribution in [0.4, 0.5) is 0 Å². The highest BCUT2D eigenvalue weighted by molar-refractivity contribution is 6.33. The molecule has 0 fully saturated rings. The van der Waals surface area contributed by atoms with Crippen LogP contribution in [-0.2, 0) is 6.54 Å². The highest BCUT2D eigenvalue weighted by Gasteiger charge is 2.00. The monoisotopic (exact) mass is 162 g/mol. The maximum absolute atomic E-state index is 5.55. The fraction of sp³-hybridized carbons (Fsp3) is 0.333. The molecule has 2 N–H and O–H groups in total. The molecule has 0 atom stereocenters. The molecule has 0 saturated carbocycles. The summed E-state index contributed by atoms with van der Waals surface area (Å²) in [6.07, 6.45) is 0. The van der Waals surface area contributed by atoms with Gasteiger partial charge in [-0.3, -0.25) is 0 Å². The quantitative estimate of drug-likeness (QED) is 0.600. The lowest BCUT2D eigenvalue weighted by Gasteiger charge is -2.08. The molecule has 1 nitrogen and oxygen atoms in total. The van der Waals surface area contributed by atoms with E-state index in [-0.39, 0.29) is 0 Å². The first-order valence-corrected chi connectivity index (χ1v) is 4.17. The van der Waals surface area contributed by atoms with E-state index >= 15 is 0 Å². The van der Waals surface area contributed by atoms with Gasteiger partial charge in [-0.1, -0.05) is 17.3 Å². The Kier molecular flexibility index (Phi) is 2.47. The molecule has 11 heavy (non-hydrogen) atoms. The summed E-state index contributed by atoms with van der Waals surface area (Å²) in [5.41, 5.74) is 9.35. The lowest BCUT2D eigenvalue weighted by Crippen LogP contribution is -2.11. The first kappa shape index (κ1) is 8.49. The third kappa shape index (κ3) is 1.52. The largest absolute Gasteiger partial charge is 0.326 e. The summed E-state index contributed by atoms with van der Waals surface area (Å²) < 4.78 is 0. The van der Waals surface area contributed by atoms with Crippen LogP contribution in [0.5, 0.6) is 0 Å². The molecule has 0 aliphatic rings.